The summed E-state index contributed by atoms with van der Waals surface area (Å²) in [6.45, 7) is 3.51. The number of guanidine groups is 1. The second-order valence-electron chi connectivity index (χ2n) is 5.21. The monoisotopic (exact) mass is 299 g/mol. The highest BCUT2D eigenvalue weighted by Crippen LogP contribution is 2.03. The van der Waals surface area contributed by atoms with Gasteiger partial charge >= 0.3 is 0 Å². The molecule has 2 N–H and O–H groups in total. The zero-order chi connectivity index (χ0) is 15.8. The lowest BCUT2D eigenvalue weighted by Crippen LogP contribution is -2.37. The van der Waals surface area contributed by atoms with Crippen LogP contribution in [-0.4, -0.2) is 19.6 Å². The van der Waals surface area contributed by atoms with Crippen molar-refractivity contribution in [2.75, 3.05) is 13.6 Å². The van der Waals surface area contributed by atoms with E-state index in [4.69, 9.17) is 0 Å². The van der Waals surface area contributed by atoms with Crippen molar-refractivity contribution in [1.82, 2.24) is 10.6 Å². The molecule has 2 rings (SSSR count). The summed E-state index contributed by atoms with van der Waals surface area (Å²) in [5.74, 6) is 0.529. The molecule has 0 unspecified atom stereocenters. The molecule has 0 aromatic heterocycles. The predicted octanol–water partition coefficient (Wildman–Crippen LogP) is 3.04. The van der Waals surface area contributed by atoms with Crippen molar-refractivity contribution >= 4 is 5.96 Å². The van der Waals surface area contributed by atoms with Gasteiger partial charge in [-0.1, -0.05) is 42.0 Å². The largest absolute Gasteiger partial charge is 0.356 e. The molecule has 2 aromatic carbocycles. The van der Waals surface area contributed by atoms with Crippen LogP contribution < -0.4 is 10.6 Å². The Morgan fingerprint density at radius 1 is 0.955 bits per heavy atom. The Bertz CT molecular complexity index is 603. The maximum Gasteiger partial charge on any atom is 0.191 e. The first-order valence-corrected chi connectivity index (χ1v) is 7.42. The molecule has 0 atom stereocenters. The van der Waals surface area contributed by atoms with E-state index >= 15 is 0 Å². The third kappa shape index (κ3) is 5.20. The maximum absolute atomic E-state index is 12.8. The molecule has 2 aromatic rings. The van der Waals surface area contributed by atoms with Crippen LogP contribution in [0.3, 0.4) is 0 Å². The minimum atomic E-state index is -0.218. The van der Waals surface area contributed by atoms with Crippen LogP contribution in [0, 0.1) is 12.7 Å². The van der Waals surface area contributed by atoms with Crippen LogP contribution in [0.1, 0.15) is 16.7 Å². The number of benzene rings is 2. The summed E-state index contributed by atoms with van der Waals surface area (Å²) in [7, 11) is 1.74. The quantitative estimate of drug-likeness (QED) is 0.657. The van der Waals surface area contributed by atoms with Crippen LogP contribution in [0.5, 0.6) is 0 Å². The second kappa shape index (κ2) is 8.17. The summed E-state index contributed by atoms with van der Waals surface area (Å²) in [5.41, 5.74) is 3.59. The van der Waals surface area contributed by atoms with Gasteiger partial charge in [0.05, 0.1) is 0 Å². The van der Waals surface area contributed by atoms with Crippen LogP contribution in [-0.2, 0) is 13.0 Å². The van der Waals surface area contributed by atoms with Crippen LogP contribution in [0.15, 0.2) is 53.5 Å². The fraction of sp³-hybridized carbons (Fsp3) is 0.278. The van der Waals surface area contributed by atoms with Crippen LogP contribution >= 0.6 is 0 Å². The standard InChI is InChI=1S/C18H22FN3/c1-14-3-5-15(6-4-14)11-12-21-18(20-2)22-13-16-7-9-17(19)10-8-16/h3-10H,11-13H2,1-2H3,(H2,20,21,22). The zero-order valence-electron chi connectivity index (χ0n) is 13.1. The van der Waals surface area contributed by atoms with E-state index in [0.29, 0.717) is 6.54 Å². The van der Waals surface area contributed by atoms with Crippen molar-refractivity contribution in [3.63, 3.8) is 0 Å². The molecular formula is C18H22FN3. The van der Waals surface area contributed by atoms with Gasteiger partial charge in [-0.3, -0.25) is 4.99 Å². The molecular weight excluding hydrogens is 277 g/mol. The molecule has 0 amide bonds. The number of hydrogen-bond donors (Lipinski definition) is 2. The van der Waals surface area contributed by atoms with Crippen molar-refractivity contribution in [3.05, 3.63) is 71.0 Å². The lowest BCUT2D eigenvalue weighted by molar-refractivity contribution is 0.626. The third-order valence-electron chi connectivity index (χ3n) is 3.42. The first-order chi connectivity index (χ1) is 10.7. The van der Waals surface area contributed by atoms with Gasteiger partial charge in [-0.05, 0) is 36.6 Å². The highest BCUT2D eigenvalue weighted by Gasteiger charge is 1.99. The Kier molecular flexibility index (Phi) is 5.95. The molecule has 0 heterocycles. The third-order valence-corrected chi connectivity index (χ3v) is 3.42. The highest BCUT2D eigenvalue weighted by atomic mass is 19.1. The maximum atomic E-state index is 12.8. The Hall–Kier alpha value is -2.36. The first-order valence-electron chi connectivity index (χ1n) is 7.42. The minimum absolute atomic E-state index is 0.218. The molecule has 0 aliphatic rings. The van der Waals surface area contributed by atoms with E-state index in [1.165, 1.54) is 23.3 Å². The highest BCUT2D eigenvalue weighted by molar-refractivity contribution is 5.79. The Morgan fingerprint density at radius 2 is 1.59 bits per heavy atom. The Morgan fingerprint density at radius 3 is 2.23 bits per heavy atom. The molecule has 0 saturated heterocycles. The molecule has 0 saturated carbocycles. The topological polar surface area (TPSA) is 36.4 Å². The van der Waals surface area contributed by atoms with Gasteiger partial charge in [-0.25, -0.2) is 4.39 Å². The van der Waals surface area contributed by atoms with E-state index < -0.39 is 0 Å². The van der Waals surface area contributed by atoms with Crippen molar-refractivity contribution in [3.8, 4) is 0 Å². The number of hydrogen-bond acceptors (Lipinski definition) is 1. The summed E-state index contributed by atoms with van der Waals surface area (Å²) < 4.78 is 12.8. The van der Waals surface area contributed by atoms with E-state index in [-0.39, 0.29) is 5.82 Å². The van der Waals surface area contributed by atoms with Crippen LogP contribution in [0.2, 0.25) is 0 Å². The average molecular weight is 299 g/mol. The van der Waals surface area contributed by atoms with Crippen LogP contribution in [0.4, 0.5) is 4.39 Å². The fourth-order valence-electron chi connectivity index (χ4n) is 2.09. The molecule has 4 heteroatoms. The summed E-state index contributed by atoms with van der Waals surface area (Å²) in [4.78, 5) is 4.19. The zero-order valence-corrected chi connectivity index (χ0v) is 13.1. The number of aryl methyl sites for hydroxylation is 1. The number of aliphatic imine (C=N–C) groups is 1. The molecule has 0 fully saturated rings. The van der Waals surface area contributed by atoms with Gasteiger partial charge in [0, 0.05) is 20.1 Å². The van der Waals surface area contributed by atoms with Gasteiger partial charge < -0.3 is 10.6 Å². The molecule has 22 heavy (non-hydrogen) atoms. The summed E-state index contributed by atoms with van der Waals surface area (Å²) >= 11 is 0. The lowest BCUT2D eigenvalue weighted by Gasteiger charge is -2.12. The van der Waals surface area contributed by atoms with Gasteiger partial charge in [0.25, 0.3) is 0 Å². The van der Waals surface area contributed by atoms with Crippen molar-refractivity contribution in [2.45, 2.75) is 19.9 Å². The van der Waals surface area contributed by atoms with Gasteiger partial charge in [0.15, 0.2) is 5.96 Å². The summed E-state index contributed by atoms with van der Waals surface area (Å²) in [5, 5.41) is 6.50. The Labute approximate surface area is 131 Å². The minimum Gasteiger partial charge on any atom is -0.356 e. The fourth-order valence-corrected chi connectivity index (χ4v) is 2.09. The van der Waals surface area contributed by atoms with E-state index in [0.717, 1.165) is 24.5 Å². The summed E-state index contributed by atoms with van der Waals surface area (Å²) in [6.07, 6.45) is 0.942. The molecule has 0 aliphatic carbocycles. The normalized spacial score (nSPS) is 11.3. The van der Waals surface area contributed by atoms with E-state index in [9.17, 15) is 4.39 Å². The van der Waals surface area contributed by atoms with Crippen LogP contribution in [0.25, 0.3) is 0 Å². The SMILES string of the molecule is CN=C(NCCc1ccc(C)cc1)NCc1ccc(F)cc1. The predicted molar refractivity (Wildman–Crippen MR) is 89.5 cm³/mol. The second-order valence-corrected chi connectivity index (χ2v) is 5.21. The van der Waals surface area contributed by atoms with Crippen molar-refractivity contribution in [2.24, 2.45) is 4.99 Å². The van der Waals surface area contributed by atoms with E-state index in [1.807, 2.05) is 0 Å². The van der Waals surface area contributed by atoms with Gasteiger partial charge in [-0.15, -0.1) is 0 Å². The molecule has 3 nitrogen and oxygen atoms in total. The lowest BCUT2D eigenvalue weighted by atomic mass is 10.1. The summed E-state index contributed by atoms with van der Waals surface area (Å²) in [6, 6.07) is 15.0. The molecule has 0 bridgehead atoms. The number of halogens is 1. The number of rotatable bonds is 5. The van der Waals surface area contributed by atoms with Gasteiger partial charge in [-0.2, -0.15) is 0 Å². The Balaban J connectivity index is 1.75. The molecule has 0 radical (unpaired) electrons. The molecule has 0 aliphatic heterocycles. The number of nitrogens with one attached hydrogen (secondary N) is 2. The van der Waals surface area contributed by atoms with E-state index in [1.54, 1.807) is 19.2 Å². The van der Waals surface area contributed by atoms with Crippen molar-refractivity contribution < 1.29 is 4.39 Å². The average Bonchev–Trinajstić information content (AvgIpc) is 2.54. The molecule has 0 spiro atoms. The first kappa shape index (κ1) is 16.0. The number of nitrogens with zero attached hydrogens (tertiary/aromatic N) is 1. The smallest absolute Gasteiger partial charge is 0.191 e. The van der Waals surface area contributed by atoms with E-state index in [2.05, 4.69) is 46.8 Å². The molecule has 116 valence electrons. The van der Waals surface area contributed by atoms with Gasteiger partial charge in [0.2, 0.25) is 0 Å². The van der Waals surface area contributed by atoms with Gasteiger partial charge in [0.1, 0.15) is 5.82 Å². The van der Waals surface area contributed by atoms with Crippen molar-refractivity contribution in [1.29, 1.82) is 0 Å².